The highest BCUT2D eigenvalue weighted by Crippen LogP contribution is 2.39. The Morgan fingerprint density at radius 3 is 2.45 bits per heavy atom. The number of quaternary nitrogens is 1. The van der Waals surface area contributed by atoms with E-state index in [4.69, 9.17) is 9.47 Å². The van der Waals surface area contributed by atoms with Crippen molar-refractivity contribution in [3.05, 3.63) is 12.1 Å². The maximum atomic E-state index is 12.0. The second-order valence-corrected chi connectivity index (χ2v) is 6.25. The number of amides is 1. The maximum Gasteiger partial charge on any atom is 0.225 e. The number of carbonyl (C=O) groups excluding carboxylic acids is 1. The second kappa shape index (κ2) is 6.93. The van der Waals surface area contributed by atoms with Crippen molar-refractivity contribution in [3.8, 4) is 11.5 Å². The number of fused-ring (bicyclic) bond motifs is 1. The molecule has 0 aliphatic carbocycles. The van der Waals surface area contributed by atoms with Crippen LogP contribution in [-0.4, -0.2) is 52.3 Å². The van der Waals surface area contributed by atoms with Gasteiger partial charge >= 0.3 is 0 Å². The summed E-state index contributed by atoms with van der Waals surface area (Å²) in [5.74, 6) is 1.40. The van der Waals surface area contributed by atoms with Gasteiger partial charge in [0.05, 0.1) is 41.4 Å². The number of aromatic nitrogens is 1. The molecule has 0 aliphatic rings. The SMILES string of the molecule is COc1ccc(OC)c2sc(N(CC[NH+](C)C)C(C)=O)nc12. The fourth-order valence-corrected chi connectivity index (χ4v) is 3.26. The van der Waals surface area contributed by atoms with E-state index < -0.39 is 0 Å². The molecular weight excluding hydrogens is 302 g/mol. The lowest BCUT2D eigenvalue weighted by atomic mass is 10.3. The molecule has 1 heterocycles. The number of likely N-dealkylation sites (N-methyl/N-ethyl adjacent to an activating group) is 1. The molecule has 7 heteroatoms. The van der Waals surface area contributed by atoms with Crippen LogP contribution in [0, 0.1) is 0 Å². The van der Waals surface area contributed by atoms with Gasteiger partial charge in [-0.15, -0.1) is 0 Å². The average molecular weight is 324 g/mol. The molecule has 120 valence electrons. The molecule has 0 aliphatic heterocycles. The first-order valence-electron chi connectivity index (χ1n) is 7.06. The fraction of sp³-hybridized carbons (Fsp3) is 0.467. The van der Waals surface area contributed by atoms with E-state index in [1.54, 1.807) is 26.0 Å². The Kier molecular flexibility index (Phi) is 5.20. The molecule has 0 atom stereocenters. The number of carbonyl (C=O) groups is 1. The van der Waals surface area contributed by atoms with Crippen LogP contribution in [0.15, 0.2) is 12.1 Å². The predicted octanol–water partition coefficient (Wildman–Crippen LogP) is 0.811. The molecule has 0 radical (unpaired) electrons. The summed E-state index contributed by atoms with van der Waals surface area (Å²) in [5.41, 5.74) is 0.727. The van der Waals surface area contributed by atoms with E-state index in [-0.39, 0.29) is 5.91 Å². The Hall–Kier alpha value is -1.86. The number of rotatable bonds is 6. The molecule has 1 N–H and O–H groups in total. The number of anilines is 1. The van der Waals surface area contributed by atoms with Gasteiger partial charge in [0.25, 0.3) is 0 Å². The van der Waals surface area contributed by atoms with Gasteiger partial charge in [0, 0.05) is 6.92 Å². The Labute approximate surface area is 134 Å². The van der Waals surface area contributed by atoms with Crippen molar-refractivity contribution in [1.82, 2.24) is 4.98 Å². The summed E-state index contributed by atoms with van der Waals surface area (Å²) < 4.78 is 11.6. The molecule has 0 unspecified atom stereocenters. The van der Waals surface area contributed by atoms with Gasteiger partial charge in [-0.2, -0.15) is 0 Å². The third-order valence-corrected chi connectivity index (χ3v) is 4.44. The molecule has 0 saturated heterocycles. The number of hydrogen-bond acceptors (Lipinski definition) is 5. The van der Waals surface area contributed by atoms with Crippen molar-refractivity contribution in [2.45, 2.75) is 6.92 Å². The number of nitrogens with zero attached hydrogens (tertiary/aromatic N) is 2. The van der Waals surface area contributed by atoms with Crippen LogP contribution in [0.1, 0.15) is 6.92 Å². The maximum absolute atomic E-state index is 12.0. The number of hydrogen-bond donors (Lipinski definition) is 1. The minimum absolute atomic E-state index is 0.0155. The van der Waals surface area contributed by atoms with E-state index in [0.29, 0.717) is 17.4 Å². The Morgan fingerprint density at radius 2 is 1.91 bits per heavy atom. The van der Waals surface area contributed by atoms with E-state index in [2.05, 4.69) is 19.1 Å². The van der Waals surface area contributed by atoms with Crippen molar-refractivity contribution >= 4 is 32.6 Å². The molecule has 0 spiro atoms. The largest absolute Gasteiger partial charge is 0.495 e. The molecule has 0 fully saturated rings. The van der Waals surface area contributed by atoms with Gasteiger partial charge in [0.2, 0.25) is 5.91 Å². The zero-order valence-corrected chi connectivity index (χ0v) is 14.4. The van der Waals surface area contributed by atoms with Crippen molar-refractivity contribution in [3.63, 3.8) is 0 Å². The van der Waals surface area contributed by atoms with Gasteiger partial charge in [0.15, 0.2) is 5.13 Å². The Bertz CT molecular complexity index is 628. The van der Waals surface area contributed by atoms with Crippen LogP contribution in [0.3, 0.4) is 0 Å². The third-order valence-electron chi connectivity index (χ3n) is 3.35. The molecule has 1 aromatic heterocycles. The first-order valence-corrected chi connectivity index (χ1v) is 7.88. The molecular formula is C15H22N3O3S+. The average Bonchev–Trinajstić information content (AvgIpc) is 2.90. The van der Waals surface area contributed by atoms with Crippen molar-refractivity contribution in [2.24, 2.45) is 0 Å². The van der Waals surface area contributed by atoms with Crippen molar-refractivity contribution in [2.75, 3.05) is 46.3 Å². The number of thiazole rings is 1. The summed E-state index contributed by atoms with van der Waals surface area (Å²) in [7, 11) is 7.35. The number of ether oxygens (including phenoxy) is 2. The van der Waals surface area contributed by atoms with Crippen LogP contribution < -0.4 is 19.3 Å². The van der Waals surface area contributed by atoms with Crippen LogP contribution in [0.25, 0.3) is 10.2 Å². The van der Waals surface area contributed by atoms with Gasteiger partial charge in [-0.1, -0.05) is 11.3 Å². The Balaban J connectivity index is 2.47. The molecule has 6 nitrogen and oxygen atoms in total. The highest BCUT2D eigenvalue weighted by Gasteiger charge is 2.20. The smallest absolute Gasteiger partial charge is 0.225 e. The summed E-state index contributed by atoms with van der Waals surface area (Å²) in [6.07, 6.45) is 0. The van der Waals surface area contributed by atoms with E-state index in [9.17, 15) is 4.79 Å². The summed E-state index contributed by atoms with van der Waals surface area (Å²) in [5, 5.41) is 0.673. The van der Waals surface area contributed by atoms with Crippen LogP contribution in [0.2, 0.25) is 0 Å². The quantitative estimate of drug-likeness (QED) is 0.854. The van der Waals surface area contributed by atoms with E-state index >= 15 is 0 Å². The van der Waals surface area contributed by atoms with E-state index in [1.165, 1.54) is 16.2 Å². The summed E-state index contributed by atoms with van der Waals surface area (Å²) in [4.78, 5) is 19.5. The molecule has 2 rings (SSSR count). The monoisotopic (exact) mass is 324 g/mol. The number of nitrogens with one attached hydrogen (secondary N) is 1. The van der Waals surface area contributed by atoms with E-state index in [0.717, 1.165) is 22.5 Å². The first-order chi connectivity index (χ1) is 10.5. The molecule has 1 aromatic carbocycles. The van der Waals surface area contributed by atoms with Crippen LogP contribution in [-0.2, 0) is 4.79 Å². The fourth-order valence-electron chi connectivity index (χ4n) is 2.11. The molecule has 2 aromatic rings. The van der Waals surface area contributed by atoms with Gasteiger partial charge in [-0.05, 0) is 12.1 Å². The third kappa shape index (κ3) is 3.31. The summed E-state index contributed by atoms with van der Waals surface area (Å²) in [6.45, 7) is 3.04. The molecule has 1 amide bonds. The summed E-state index contributed by atoms with van der Waals surface area (Å²) >= 11 is 1.45. The van der Waals surface area contributed by atoms with Crippen molar-refractivity contribution < 1.29 is 19.2 Å². The lowest BCUT2D eigenvalue weighted by molar-refractivity contribution is -0.856. The molecule has 0 saturated carbocycles. The van der Waals surface area contributed by atoms with Crippen LogP contribution >= 0.6 is 11.3 Å². The van der Waals surface area contributed by atoms with Gasteiger partial charge in [0.1, 0.15) is 21.7 Å². The molecule has 0 bridgehead atoms. The second-order valence-electron chi connectivity index (χ2n) is 5.27. The minimum atomic E-state index is -0.0155. The first kappa shape index (κ1) is 16.5. The lowest BCUT2D eigenvalue weighted by Gasteiger charge is -2.18. The van der Waals surface area contributed by atoms with Gasteiger partial charge in [-0.25, -0.2) is 4.98 Å². The minimum Gasteiger partial charge on any atom is -0.495 e. The highest BCUT2D eigenvalue weighted by atomic mass is 32.1. The normalized spacial score (nSPS) is 11.0. The molecule has 22 heavy (non-hydrogen) atoms. The lowest BCUT2D eigenvalue weighted by Crippen LogP contribution is -3.06. The zero-order chi connectivity index (χ0) is 16.3. The van der Waals surface area contributed by atoms with Gasteiger partial charge in [-0.3, -0.25) is 9.69 Å². The standard InChI is InChI=1S/C15H21N3O3S/c1-10(19)18(9-8-17(2)3)15-16-13-11(20-4)6-7-12(21-5)14(13)22-15/h6-7H,8-9H2,1-5H3/p+1. The Morgan fingerprint density at radius 1 is 1.27 bits per heavy atom. The predicted molar refractivity (Wildman–Crippen MR) is 88.4 cm³/mol. The van der Waals surface area contributed by atoms with Crippen LogP contribution in [0.5, 0.6) is 11.5 Å². The highest BCUT2D eigenvalue weighted by molar-refractivity contribution is 7.22. The topological polar surface area (TPSA) is 56.1 Å². The summed E-state index contributed by atoms with van der Waals surface area (Å²) in [6, 6.07) is 3.68. The van der Waals surface area contributed by atoms with Gasteiger partial charge < -0.3 is 14.4 Å². The number of methoxy groups -OCH3 is 2. The van der Waals surface area contributed by atoms with Crippen molar-refractivity contribution in [1.29, 1.82) is 0 Å². The number of benzene rings is 1. The van der Waals surface area contributed by atoms with E-state index in [1.807, 2.05) is 12.1 Å². The van der Waals surface area contributed by atoms with Crippen LogP contribution in [0.4, 0.5) is 5.13 Å². The zero-order valence-electron chi connectivity index (χ0n) is 13.6.